The van der Waals surface area contributed by atoms with Gasteiger partial charge in [0, 0.05) is 5.56 Å². The van der Waals surface area contributed by atoms with Gasteiger partial charge in [-0.15, -0.1) is 0 Å². The maximum absolute atomic E-state index is 12.6. The van der Waals surface area contributed by atoms with Gasteiger partial charge in [0.15, 0.2) is 5.78 Å². The Morgan fingerprint density at radius 2 is 1.72 bits per heavy atom. The largest absolute Gasteiger partial charge is 0.462 e. The third-order valence-corrected chi connectivity index (χ3v) is 4.87. The lowest BCUT2D eigenvalue weighted by Gasteiger charge is -2.13. The van der Waals surface area contributed by atoms with Crippen molar-refractivity contribution in [3.63, 3.8) is 0 Å². The number of anilines is 1. The Bertz CT molecular complexity index is 902. The number of aryl methyl sites for hydroxylation is 1. The molecule has 0 aliphatic heterocycles. The van der Waals surface area contributed by atoms with Crippen LogP contribution in [-0.2, 0) is 14.8 Å². The van der Waals surface area contributed by atoms with E-state index in [1.165, 1.54) is 37.3 Å². The smallest absolute Gasteiger partial charge is 0.338 e. The molecule has 7 heteroatoms. The summed E-state index contributed by atoms with van der Waals surface area (Å²) in [5.74, 6) is -0.912. The second-order valence-corrected chi connectivity index (χ2v) is 7.14. The van der Waals surface area contributed by atoms with Gasteiger partial charge in [0.25, 0.3) is 10.0 Å². The van der Waals surface area contributed by atoms with Crippen LogP contribution in [0.5, 0.6) is 0 Å². The minimum Gasteiger partial charge on any atom is -0.462 e. The molecule has 0 saturated carbocycles. The molecule has 0 heterocycles. The van der Waals surface area contributed by atoms with Gasteiger partial charge in [0.1, 0.15) is 0 Å². The number of Topliss-reactive ketones (excluding diaryl/α,β-unsaturated/α-hetero) is 1. The summed E-state index contributed by atoms with van der Waals surface area (Å²) < 4.78 is 32.4. The molecule has 2 rings (SSSR count). The fourth-order valence-corrected chi connectivity index (χ4v) is 3.27. The molecule has 0 amide bonds. The lowest BCUT2D eigenvalue weighted by atomic mass is 10.1. The van der Waals surface area contributed by atoms with Gasteiger partial charge in [-0.05, 0) is 51.1 Å². The molecule has 132 valence electrons. The number of benzene rings is 2. The summed E-state index contributed by atoms with van der Waals surface area (Å²) in [4.78, 5) is 23.7. The van der Waals surface area contributed by atoms with Crippen molar-refractivity contribution in [2.75, 3.05) is 11.3 Å². The van der Waals surface area contributed by atoms with E-state index in [1.807, 2.05) is 6.92 Å². The Morgan fingerprint density at radius 1 is 1.08 bits per heavy atom. The second-order valence-electron chi connectivity index (χ2n) is 5.46. The maximum Gasteiger partial charge on any atom is 0.338 e. The van der Waals surface area contributed by atoms with Gasteiger partial charge in [-0.2, -0.15) is 0 Å². The Kier molecular flexibility index (Phi) is 5.58. The number of hydrogen-bond acceptors (Lipinski definition) is 5. The van der Waals surface area contributed by atoms with Crippen LogP contribution in [0, 0.1) is 6.92 Å². The van der Waals surface area contributed by atoms with E-state index in [9.17, 15) is 18.0 Å². The first-order chi connectivity index (χ1) is 11.7. The summed E-state index contributed by atoms with van der Waals surface area (Å²) in [7, 11) is -3.90. The number of carbonyl (C=O) groups excluding carboxylic acids is 2. The fourth-order valence-electron chi connectivity index (χ4n) is 2.20. The van der Waals surface area contributed by atoms with Crippen LogP contribution in [0.15, 0.2) is 47.4 Å². The molecule has 0 saturated heterocycles. The molecule has 2 aromatic rings. The van der Waals surface area contributed by atoms with E-state index in [2.05, 4.69) is 4.72 Å². The third kappa shape index (κ3) is 4.45. The normalized spacial score (nSPS) is 11.0. The predicted octanol–water partition coefficient (Wildman–Crippen LogP) is 3.18. The number of carbonyl (C=O) groups is 2. The zero-order valence-electron chi connectivity index (χ0n) is 14.2. The number of sulfonamides is 1. The average Bonchev–Trinajstić information content (AvgIpc) is 2.54. The van der Waals surface area contributed by atoms with Gasteiger partial charge in [-0.1, -0.05) is 17.7 Å². The van der Waals surface area contributed by atoms with E-state index in [-0.39, 0.29) is 34.1 Å². The number of hydrogen-bond donors (Lipinski definition) is 1. The first-order valence-corrected chi connectivity index (χ1v) is 9.14. The quantitative estimate of drug-likeness (QED) is 0.630. The van der Waals surface area contributed by atoms with Crippen LogP contribution in [0.4, 0.5) is 5.69 Å². The third-order valence-electron chi connectivity index (χ3n) is 3.49. The highest BCUT2D eigenvalue weighted by atomic mass is 32.2. The number of ketones is 1. The SMILES string of the molecule is CCOC(=O)c1ccc(C(C)=O)c(NS(=O)(=O)c2ccc(C)cc2)c1. The van der Waals surface area contributed by atoms with E-state index < -0.39 is 16.0 Å². The molecule has 0 unspecified atom stereocenters. The van der Waals surface area contributed by atoms with E-state index in [0.717, 1.165) is 5.56 Å². The lowest BCUT2D eigenvalue weighted by Crippen LogP contribution is -2.16. The highest BCUT2D eigenvalue weighted by Gasteiger charge is 2.19. The summed E-state index contributed by atoms with van der Waals surface area (Å²) in [6.07, 6.45) is 0. The molecule has 2 aromatic carbocycles. The van der Waals surface area contributed by atoms with Crippen LogP contribution in [0.2, 0.25) is 0 Å². The van der Waals surface area contributed by atoms with Gasteiger partial charge in [-0.25, -0.2) is 13.2 Å². The number of esters is 1. The lowest BCUT2D eigenvalue weighted by molar-refractivity contribution is 0.0526. The summed E-state index contributed by atoms with van der Waals surface area (Å²) in [6.45, 7) is 5.03. The number of rotatable bonds is 6. The zero-order chi connectivity index (χ0) is 18.6. The minimum absolute atomic E-state index is 0.0404. The molecule has 0 aromatic heterocycles. The monoisotopic (exact) mass is 361 g/mol. The zero-order valence-corrected chi connectivity index (χ0v) is 15.0. The molecule has 0 bridgehead atoms. The van der Waals surface area contributed by atoms with Crippen molar-refractivity contribution in [2.45, 2.75) is 25.7 Å². The van der Waals surface area contributed by atoms with Gasteiger partial charge in [-0.3, -0.25) is 9.52 Å². The molecule has 0 spiro atoms. The maximum atomic E-state index is 12.6. The van der Waals surface area contributed by atoms with Gasteiger partial charge in [0.05, 0.1) is 22.8 Å². The molecular weight excluding hydrogens is 342 g/mol. The molecule has 0 atom stereocenters. The Hall–Kier alpha value is -2.67. The highest BCUT2D eigenvalue weighted by molar-refractivity contribution is 7.92. The molecule has 0 aliphatic rings. The predicted molar refractivity (Wildman–Crippen MR) is 94.4 cm³/mol. The van der Waals surface area contributed by atoms with Gasteiger partial charge < -0.3 is 4.74 Å². The summed E-state index contributed by atoms with van der Waals surface area (Å²) in [5, 5.41) is 0. The summed E-state index contributed by atoms with van der Waals surface area (Å²) in [5.41, 5.74) is 1.29. The van der Waals surface area contributed by atoms with E-state index >= 15 is 0 Å². The summed E-state index contributed by atoms with van der Waals surface area (Å²) in [6, 6.07) is 10.4. The van der Waals surface area contributed by atoms with Gasteiger partial charge >= 0.3 is 5.97 Å². The number of ether oxygens (including phenoxy) is 1. The van der Waals surface area contributed by atoms with Gasteiger partial charge in [0.2, 0.25) is 0 Å². The first kappa shape index (κ1) is 18.7. The van der Waals surface area contributed by atoms with Crippen LogP contribution < -0.4 is 4.72 Å². The van der Waals surface area contributed by atoms with Crippen molar-refractivity contribution >= 4 is 27.5 Å². The van der Waals surface area contributed by atoms with Crippen molar-refractivity contribution in [1.82, 2.24) is 0 Å². The first-order valence-electron chi connectivity index (χ1n) is 7.66. The fraction of sp³-hybridized carbons (Fsp3) is 0.222. The molecule has 25 heavy (non-hydrogen) atoms. The van der Waals surface area contributed by atoms with Crippen LogP contribution >= 0.6 is 0 Å². The Labute approximate surface area is 146 Å². The van der Waals surface area contributed by atoms with E-state index in [1.54, 1.807) is 19.1 Å². The topological polar surface area (TPSA) is 89.5 Å². The van der Waals surface area contributed by atoms with Crippen molar-refractivity contribution < 1.29 is 22.7 Å². The molecule has 0 radical (unpaired) electrons. The minimum atomic E-state index is -3.90. The number of nitrogens with one attached hydrogen (secondary N) is 1. The standard InChI is InChI=1S/C18H19NO5S/c1-4-24-18(21)14-7-10-16(13(3)20)17(11-14)19-25(22,23)15-8-5-12(2)6-9-15/h5-11,19H,4H2,1-3H3. The van der Waals surface area contributed by atoms with E-state index in [0.29, 0.717) is 0 Å². The Balaban J connectivity index is 2.45. The van der Waals surface area contributed by atoms with Crippen molar-refractivity contribution in [1.29, 1.82) is 0 Å². The Morgan fingerprint density at radius 3 is 2.28 bits per heavy atom. The molecule has 1 N–H and O–H groups in total. The highest BCUT2D eigenvalue weighted by Crippen LogP contribution is 2.23. The molecular formula is C18H19NO5S. The van der Waals surface area contributed by atoms with Crippen LogP contribution in [-0.4, -0.2) is 26.8 Å². The molecule has 0 aliphatic carbocycles. The molecule has 6 nitrogen and oxygen atoms in total. The van der Waals surface area contributed by atoms with Crippen LogP contribution in [0.3, 0.4) is 0 Å². The molecule has 0 fully saturated rings. The van der Waals surface area contributed by atoms with Crippen molar-refractivity contribution in [3.8, 4) is 0 Å². The van der Waals surface area contributed by atoms with Crippen molar-refractivity contribution in [2.24, 2.45) is 0 Å². The van der Waals surface area contributed by atoms with Crippen molar-refractivity contribution in [3.05, 3.63) is 59.2 Å². The average molecular weight is 361 g/mol. The summed E-state index contributed by atoms with van der Waals surface area (Å²) >= 11 is 0. The van der Waals surface area contributed by atoms with Crippen LogP contribution in [0.25, 0.3) is 0 Å². The van der Waals surface area contributed by atoms with Crippen LogP contribution in [0.1, 0.15) is 40.1 Å². The van der Waals surface area contributed by atoms with E-state index in [4.69, 9.17) is 4.74 Å². The second kappa shape index (κ2) is 7.48.